The fraction of sp³-hybridized carbons (Fsp3) is 0.429. The van der Waals surface area contributed by atoms with Gasteiger partial charge in [0.15, 0.2) is 0 Å². The van der Waals surface area contributed by atoms with Gasteiger partial charge in [-0.2, -0.15) is 0 Å². The highest BCUT2D eigenvalue weighted by Gasteiger charge is 2.17. The van der Waals surface area contributed by atoms with E-state index in [1.165, 1.54) is 5.56 Å². The van der Waals surface area contributed by atoms with Gasteiger partial charge in [-0.3, -0.25) is 4.90 Å². The van der Waals surface area contributed by atoms with E-state index in [0.29, 0.717) is 11.9 Å². The molecule has 0 radical (unpaired) electrons. The third-order valence-electron chi connectivity index (χ3n) is 3.07. The van der Waals surface area contributed by atoms with E-state index in [4.69, 9.17) is 4.42 Å². The first-order valence-electron chi connectivity index (χ1n) is 6.49. The second kappa shape index (κ2) is 5.84. The summed E-state index contributed by atoms with van der Waals surface area (Å²) in [5, 5.41) is 11.4. The van der Waals surface area contributed by atoms with E-state index >= 15 is 0 Å². The van der Waals surface area contributed by atoms with Crippen molar-refractivity contribution < 1.29 is 4.42 Å². The Morgan fingerprint density at radius 1 is 1.32 bits per heavy atom. The van der Waals surface area contributed by atoms with Gasteiger partial charge in [-0.1, -0.05) is 30.2 Å². The number of aryl methyl sites for hydroxylation is 1. The maximum absolute atomic E-state index is 5.71. The molecule has 1 aromatic carbocycles. The first-order valence-corrected chi connectivity index (χ1v) is 6.49. The Bertz CT molecular complexity index is 538. The topological polar surface area (TPSA) is 54.2 Å². The van der Waals surface area contributed by atoms with E-state index in [1.807, 2.05) is 44.0 Å². The minimum Gasteiger partial charge on any atom is -0.406 e. The molecule has 1 N–H and O–H groups in total. The quantitative estimate of drug-likeness (QED) is 0.896. The van der Waals surface area contributed by atoms with E-state index in [1.54, 1.807) is 0 Å². The zero-order chi connectivity index (χ0) is 13.8. The SMILES string of the molecule is CCNC(C)c1nnc(N(C)c2ccccc2C)o1. The van der Waals surface area contributed by atoms with Crippen LogP contribution in [-0.2, 0) is 0 Å². The Kier molecular flexibility index (Phi) is 4.16. The Hall–Kier alpha value is -1.88. The molecule has 0 spiro atoms. The van der Waals surface area contributed by atoms with Gasteiger partial charge in [0.2, 0.25) is 5.89 Å². The van der Waals surface area contributed by atoms with Crippen molar-refractivity contribution >= 4 is 11.7 Å². The molecular weight excluding hydrogens is 240 g/mol. The molecule has 1 atom stereocenters. The third-order valence-corrected chi connectivity index (χ3v) is 3.07. The van der Waals surface area contributed by atoms with Crippen LogP contribution in [0.4, 0.5) is 11.7 Å². The van der Waals surface area contributed by atoms with Crippen LogP contribution in [-0.4, -0.2) is 23.8 Å². The van der Waals surface area contributed by atoms with Crippen LogP contribution in [0.25, 0.3) is 0 Å². The second-order valence-corrected chi connectivity index (χ2v) is 4.55. The molecule has 19 heavy (non-hydrogen) atoms. The van der Waals surface area contributed by atoms with Crippen molar-refractivity contribution in [2.75, 3.05) is 18.5 Å². The summed E-state index contributed by atoms with van der Waals surface area (Å²) >= 11 is 0. The van der Waals surface area contributed by atoms with Crippen molar-refractivity contribution in [1.29, 1.82) is 0 Å². The largest absolute Gasteiger partial charge is 0.406 e. The number of hydrogen-bond donors (Lipinski definition) is 1. The highest BCUT2D eigenvalue weighted by Crippen LogP contribution is 2.26. The first kappa shape index (κ1) is 13.5. The lowest BCUT2D eigenvalue weighted by Gasteiger charge is -2.16. The van der Waals surface area contributed by atoms with Crippen molar-refractivity contribution in [3.63, 3.8) is 0 Å². The Balaban J connectivity index is 2.21. The summed E-state index contributed by atoms with van der Waals surface area (Å²) in [5.41, 5.74) is 2.23. The number of aromatic nitrogens is 2. The van der Waals surface area contributed by atoms with Gasteiger partial charge in [0.1, 0.15) is 0 Å². The highest BCUT2D eigenvalue weighted by molar-refractivity contribution is 5.59. The number of hydrogen-bond acceptors (Lipinski definition) is 5. The Labute approximate surface area is 113 Å². The van der Waals surface area contributed by atoms with E-state index in [2.05, 4.69) is 28.5 Å². The minimum atomic E-state index is 0.0662. The number of benzene rings is 1. The van der Waals surface area contributed by atoms with Crippen molar-refractivity contribution in [2.45, 2.75) is 26.8 Å². The molecule has 0 aliphatic carbocycles. The van der Waals surface area contributed by atoms with Gasteiger partial charge in [0.25, 0.3) is 0 Å². The number of nitrogens with one attached hydrogen (secondary N) is 1. The van der Waals surface area contributed by atoms with Crippen LogP contribution in [0.3, 0.4) is 0 Å². The van der Waals surface area contributed by atoms with Gasteiger partial charge in [-0.15, -0.1) is 5.10 Å². The molecule has 0 aliphatic rings. The second-order valence-electron chi connectivity index (χ2n) is 4.55. The lowest BCUT2D eigenvalue weighted by Crippen LogP contribution is -2.17. The van der Waals surface area contributed by atoms with Crippen molar-refractivity contribution in [1.82, 2.24) is 15.5 Å². The van der Waals surface area contributed by atoms with Gasteiger partial charge in [-0.05, 0) is 32.0 Å². The molecule has 2 rings (SSSR count). The number of nitrogens with zero attached hydrogens (tertiary/aromatic N) is 3. The zero-order valence-corrected chi connectivity index (χ0v) is 11.8. The molecule has 0 amide bonds. The first-order chi connectivity index (χ1) is 9.13. The van der Waals surface area contributed by atoms with Gasteiger partial charge in [0, 0.05) is 12.7 Å². The predicted octanol–water partition coefficient (Wildman–Crippen LogP) is 2.82. The Morgan fingerprint density at radius 3 is 2.74 bits per heavy atom. The fourth-order valence-corrected chi connectivity index (χ4v) is 1.97. The summed E-state index contributed by atoms with van der Waals surface area (Å²) < 4.78 is 5.71. The van der Waals surface area contributed by atoms with E-state index < -0.39 is 0 Å². The average molecular weight is 260 g/mol. The summed E-state index contributed by atoms with van der Waals surface area (Å²) in [4.78, 5) is 1.91. The predicted molar refractivity (Wildman–Crippen MR) is 75.6 cm³/mol. The van der Waals surface area contributed by atoms with Crippen molar-refractivity contribution in [3.8, 4) is 0 Å². The van der Waals surface area contributed by atoms with Crippen LogP contribution in [0.2, 0.25) is 0 Å². The zero-order valence-electron chi connectivity index (χ0n) is 11.8. The molecule has 0 bridgehead atoms. The molecule has 1 unspecified atom stereocenters. The van der Waals surface area contributed by atoms with E-state index in [0.717, 1.165) is 12.2 Å². The summed E-state index contributed by atoms with van der Waals surface area (Å²) in [7, 11) is 1.93. The molecule has 5 nitrogen and oxygen atoms in total. The monoisotopic (exact) mass is 260 g/mol. The average Bonchev–Trinajstić information content (AvgIpc) is 2.88. The molecule has 1 aromatic heterocycles. The summed E-state index contributed by atoms with van der Waals surface area (Å²) in [6.07, 6.45) is 0. The van der Waals surface area contributed by atoms with Crippen LogP contribution < -0.4 is 10.2 Å². The van der Waals surface area contributed by atoms with Crippen LogP contribution in [0.15, 0.2) is 28.7 Å². The minimum absolute atomic E-state index is 0.0662. The summed E-state index contributed by atoms with van der Waals surface area (Å²) in [6, 6.07) is 8.68. The van der Waals surface area contributed by atoms with Gasteiger partial charge >= 0.3 is 6.01 Å². The standard InChI is InChI=1S/C14H20N4O/c1-5-15-11(3)13-16-17-14(19-13)18(4)12-9-7-6-8-10(12)2/h6-9,11,15H,5H2,1-4H3. The number of para-hydroxylation sites is 1. The summed E-state index contributed by atoms with van der Waals surface area (Å²) in [5.74, 6) is 0.609. The third kappa shape index (κ3) is 2.93. The van der Waals surface area contributed by atoms with Gasteiger partial charge in [0.05, 0.1) is 6.04 Å². The van der Waals surface area contributed by atoms with Crippen LogP contribution in [0, 0.1) is 6.92 Å². The summed E-state index contributed by atoms with van der Waals surface area (Å²) in [6.45, 7) is 6.98. The maximum atomic E-state index is 5.71. The number of rotatable bonds is 5. The van der Waals surface area contributed by atoms with Crippen molar-refractivity contribution in [2.24, 2.45) is 0 Å². The number of anilines is 2. The molecular formula is C14H20N4O. The molecule has 0 saturated carbocycles. The lowest BCUT2D eigenvalue weighted by molar-refractivity contribution is 0.425. The molecule has 0 saturated heterocycles. The lowest BCUT2D eigenvalue weighted by atomic mass is 10.2. The van der Waals surface area contributed by atoms with Crippen LogP contribution in [0.1, 0.15) is 31.3 Å². The normalized spacial score (nSPS) is 12.4. The molecule has 5 heteroatoms. The fourth-order valence-electron chi connectivity index (χ4n) is 1.97. The smallest absolute Gasteiger partial charge is 0.322 e. The molecule has 2 aromatic rings. The van der Waals surface area contributed by atoms with Gasteiger partial charge < -0.3 is 9.73 Å². The molecule has 0 fully saturated rings. The van der Waals surface area contributed by atoms with Crippen LogP contribution >= 0.6 is 0 Å². The van der Waals surface area contributed by atoms with E-state index in [9.17, 15) is 0 Å². The van der Waals surface area contributed by atoms with Crippen molar-refractivity contribution in [3.05, 3.63) is 35.7 Å². The van der Waals surface area contributed by atoms with Gasteiger partial charge in [-0.25, -0.2) is 0 Å². The van der Waals surface area contributed by atoms with Crippen LogP contribution in [0.5, 0.6) is 0 Å². The van der Waals surface area contributed by atoms with E-state index in [-0.39, 0.29) is 6.04 Å². The maximum Gasteiger partial charge on any atom is 0.322 e. The molecule has 1 heterocycles. The molecule has 102 valence electrons. The Morgan fingerprint density at radius 2 is 2.05 bits per heavy atom. The molecule has 0 aliphatic heterocycles. The highest BCUT2D eigenvalue weighted by atomic mass is 16.4.